The van der Waals surface area contributed by atoms with Gasteiger partial charge in [0.1, 0.15) is 5.69 Å². The summed E-state index contributed by atoms with van der Waals surface area (Å²) in [5.41, 5.74) is 3.21. The molecule has 0 aromatic carbocycles. The Bertz CT molecular complexity index is 699. The molecule has 0 spiro atoms. The minimum atomic E-state index is -0.00608. The molecule has 2 aromatic rings. The quantitative estimate of drug-likeness (QED) is 0.825. The summed E-state index contributed by atoms with van der Waals surface area (Å²) < 4.78 is 3.72. The van der Waals surface area contributed by atoms with E-state index in [0.717, 1.165) is 21.0 Å². The summed E-state index contributed by atoms with van der Waals surface area (Å²) >= 11 is 7.50. The number of nitrogens with one attached hydrogen (secondary N) is 1. The second-order valence-electron chi connectivity index (χ2n) is 5.50. The Morgan fingerprint density at radius 1 is 1.43 bits per heavy atom. The maximum Gasteiger partial charge on any atom is 0.267 e. The Hall–Kier alpha value is -1.26. The number of carbonyl (C=O) groups excluding carboxylic acids is 1. The van der Waals surface area contributed by atoms with Crippen LogP contribution < -0.4 is 5.32 Å². The molecule has 0 aliphatic heterocycles. The van der Waals surface area contributed by atoms with E-state index < -0.39 is 0 Å². The molecule has 3 rings (SSSR count). The number of hydrogen-bond donors (Lipinski definition) is 1. The number of rotatable bonds is 4. The average molecular weight is 323 g/mol. The first-order valence-corrected chi connectivity index (χ1v) is 8.55. The third-order valence-corrected chi connectivity index (χ3v) is 5.25. The van der Waals surface area contributed by atoms with E-state index in [4.69, 9.17) is 11.6 Å². The maximum absolute atomic E-state index is 12.3. The Morgan fingerprint density at radius 2 is 2.29 bits per heavy atom. The number of carbonyl (C=O) groups is 1. The number of hydrogen-bond acceptors (Lipinski definition) is 2. The van der Waals surface area contributed by atoms with Gasteiger partial charge in [-0.2, -0.15) is 0 Å². The third kappa shape index (κ3) is 3.16. The lowest BCUT2D eigenvalue weighted by Crippen LogP contribution is -2.26. The molecular weight excluding hydrogens is 304 g/mol. The van der Waals surface area contributed by atoms with Crippen LogP contribution in [-0.4, -0.2) is 17.0 Å². The van der Waals surface area contributed by atoms with E-state index in [-0.39, 0.29) is 5.91 Å². The van der Waals surface area contributed by atoms with Gasteiger partial charge in [0.2, 0.25) is 0 Å². The molecular formula is C16H19ClN2OS. The number of thiophene rings is 1. The van der Waals surface area contributed by atoms with E-state index in [9.17, 15) is 4.79 Å². The van der Waals surface area contributed by atoms with Crippen LogP contribution in [0, 0.1) is 0 Å². The number of aryl methyl sites for hydroxylation is 1. The molecule has 0 bridgehead atoms. The summed E-state index contributed by atoms with van der Waals surface area (Å²) in [6.07, 6.45) is 8.27. The van der Waals surface area contributed by atoms with Crippen molar-refractivity contribution in [3.05, 3.63) is 33.8 Å². The molecule has 0 saturated heterocycles. The molecule has 0 saturated carbocycles. The van der Waals surface area contributed by atoms with Gasteiger partial charge in [-0.05, 0) is 44.2 Å². The predicted molar refractivity (Wildman–Crippen MR) is 89.3 cm³/mol. The number of allylic oxidation sites excluding steroid dienone is 1. The Labute approximate surface area is 133 Å². The van der Waals surface area contributed by atoms with Crippen LogP contribution in [0.1, 0.15) is 42.6 Å². The first-order valence-electron chi connectivity index (χ1n) is 7.36. The second kappa shape index (κ2) is 6.24. The minimum absolute atomic E-state index is 0.00608. The molecule has 5 heteroatoms. The van der Waals surface area contributed by atoms with Crippen molar-refractivity contribution in [1.82, 2.24) is 9.88 Å². The lowest BCUT2D eigenvalue weighted by atomic mass is 9.97. The summed E-state index contributed by atoms with van der Waals surface area (Å²) in [6.45, 7) is 0.713. The number of aromatic nitrogens is 1. The van der Waals surface area contributed by atoms with Gasteiger partial charge in [0.05, 0.1) is 14.6 Å². The number of fused-ring (bicyclic) bond motifs is 1. The van der Waals surface area contributed by atoms with Crippen molar-refractivity contribution in [2.24, 2.45) is 7.05 Å². The number of nitrogens with zero attached hydrogens (tertiary/aromatic N) is 1. The zero-order chi connectivity index (χ0) is 14.8. The van der Waals surface area contributed by atoms with E-state index in [2.05, 4.69) is 11.4 Å². The van der Waals surface area contributed by atoms with Gasteiger partial charge in [0.25, 0.3) is 5.91 Å². The molecule has 0 radical (unpaired) electrons. The summed E-state index contributed by atoms with van der Waals surface area (Å²) in [6, 6.07) is 3.83. The Kier molecular flexibility index (Phi) is 4.36. The zero-order valence-electron chi connectivity index (χ0n) is 12.1. The van der Waals surface area contributed by atoms with Crippen molar-refractivity contribution >= 4 is 39.1 Å². The van der Waals surface area contributed by atoms with Crippen LogP contribution >= 0.6 is 22.9 Å². The molecule has 0 atom stereocenters. The smallest absolute Gasteiger partial charge is 0.267 e. The van der Waals surface area contributed by atoms with Crippen LogP contribution in [-0.2, 0) is 7.05 Å². The molecule has 1 N–H and O–H groups in total. The van der Waals surface area contributed by atoms with E-state index >= 15 is 0 Å². The highest BCUT2D eigenvalue weighted by Crippen LogP contribution is 2.31. The summed E-state index contributed by atoms with van der Waals surface area (Å²) in [5.74, 6) is -0.00608. The van der Waals surface area contributed by atoms with Crippen molar-refractivity contribution in [2.45, 2.75) is 32.1 Å². The summed E-state index contributed by atoms with van der Waals surface area (Å²) in [4.78, 5) is 12.3. The lowest BCUT2D eigenvalue weighted by Gasteiger charge is -2.13. The van der Waals surface area contributed by atoms with Crippen molar-refractivity contribution in [3.8, 4) is 0 Å². The fourth-order valence-electron chi connectivity index (χ4n) is 2.86. The van der Waals surface area contributed by atoms with Crippen LogP contribution in [0.3, 0.4) is 0 Å². The third-order valence-electron chi connectivity index (χ3n) is 4.05. The number of amides is 1. The molecule has 21 heavy (non-hydrogen) atoms. The van der Waals surface area contributed by atoms with E-state index in [1.54, 1.807) is 0 Å². The molecule has 2 heterocycles. The van der Waals surface area contributed by atoms with Crippen LogP contribution in [0.15, 0.2) is 23.8 Å². The second-order valence-corrected chi connectivity index (χ2v) is 7.22. The maximum atomic E-state index is 12.3. The van der Waals surface area contributed by atoms with Gasteiger partial charge >= 0.3 is 0 Å². The standard InChI is InChI=1S/C16H19ClN2OS/c1-19-12-10-15(17)21-14(12)9-13(19)16(20)18-8-7-11-5-3-2-4-6-11/h5,9-10H,2-4,6-8H2,1H3,(H,18,20). The van der Waals surface area contributed by atoms with Crippen molar-refractivity contribution in [2.75, 3.05) is 6.54 Å². The molecule has 3 nitrogen and oxygen atoms in total. The molecule has 2 aromatic heterocycles. The molecule has 1 aliphatic rings. The topological polar surface area (TPSA) is 34.0 Å². The fourth-order valence-corrected chi connectivity index (χ4v) is 4.06. The van der Waals surface area contributed by atoms with Gasteiger partial charge in [-0.15, -0.1) is 11.3 Å². The van der Waals surface area contributed by atoms with Crippen molar-refractivity contribution < 1.29 is 4.79 Å². The predicted octanol–water partition coefficient (Wildman–Crippen LogP) is 4.51. The van der Waals surface area contributed by atoms with Crippen LogP contribution in [0.25, 0.3) is 10.2 Å². The van der Waals surface area contributed by atoms with Gasteiger partial charge < -0.3 is 9.88 Å². The van der Waals surface area contributed by atoms with Crippen LogP contribution in [0.5, 0.6) is 0 Å². The first-order chi connectivity index (χ1) is 10.1. The van der Waals surface area contributed by atoms with Gasteiger partial charge in [-0.25, -0.2) is 0 Å². The van der Waals surface area contributed by atoms with Crippen LogP contribution in [0.4, 0.5) is 0 Å². The fraction of sp³-hybridized carbons (Fsp3) is 0.438. The summed E-state index contributed by atoms with van der Waals surface area (Å²) in [5, 5.41) is 3.02. The van der Waals surface area contributed by atoms with Gasteiger partial charge in [-0.3, -0.25) is 4.79 Å². The Morgan fingerprint density at radius 3 is 3.00 bits per heavy atom. The van der Waals surface area contributed by atoms with Gasteiger partial charge in [0, 0.05) is 13.6 Å². The average Bonchev–Trinajstić information content (AvgIpc) is 2.98. The normalized spacial score (nSPS) is 15.2. The highest BCUT2D eigenvalue weighted by Gasteiger charge is 2.15. The van der Waals surface area contributed by atoms with E-state index in [0.29, 0.717) is 12.2 Å². The van der Waals surface area contributed by atoms with Crippen molar-refractivity contribution in [3.63, 3.8) is 0 Å². The molecule has 1 aliphatic carbocycles. The largest absolute Gasteiger partial charge is 0.350 e. The summed E-state index contributed by atoms with van der Waals surface area (Å²) in [7, 11) is 1.91. The van der Waals surface area contributed by atoms with Crippen LogP contribution in [0.2, 0.25) is 4.34 Å². The zero-order valence-corrected chi connectivity index (χ0v) is 13.7. The number of halogens is 1. The highest BCUT2D eigenvalue weighted by atomic mass is 35.5. The lowest BCUT2D eigenvalue weighted by molar-refractivity contribution is 0.0946. The Balaban J connectivity index is 1.62. The molecule has 0 fully saturated rings. The van der Waals surface area contributed by atoms with Gasteiger partial charge in [-0.1, -0.05) is 23.3 Å². The van der Waals surface area contributed by atoms with E-state index in [1.807, 2.05) is 23.7 Å². The van der Waals surface area contributed by atoms with E-state index in [1.165, 1.54) is 42.6 Å². The van der Waals surface area contributed by atoms with Crippen molar-refractivity contribution in [1.29, 1.82) is 0 Å². The highest BCUT2D eigenvalue weighted by molar-refractivity contribution is 7.22. The first kappa shape index (κ1) is 14.7. The molecule has 1 amide bonds. The molecule has 0 unspecified atom stereocenters. The van der Waals surface area contributed by atoms with Gasteiger partial charge in [0.15, 0.2) is 0 Å². The minimum Gasteiger partial charge on any atom is -0.350 e. The monoisotopic (exact) mass is 322 g/mol. The SMILES string of the molecule is Cn1c(C(=O)NCCC2=CCCCC2)cc2sc(Cl)cc21. The molecule has 112 valence electrons.